The Balaban J connectivity index is 1.78. The van der Waals surface area contributed by atoms with Crippen molar-refractivity contribution in [2.24, 2.45) is 0 Å². The Morgan fingerprint density at radius 3 is 2.08 bits per heavy atom. The fourth-order valence-corrected chi connectivity index (χ4v) is 2.90. The van der Waals surface area contributed by atoms with Crippen molar-refractivity contribution in [1.29, 1.82) is 0 Å². The van der Waals surface area contributed by atoms with Gasteiger partial charge >= 0.3 is 0 Å². The zero-order chi connectivity index (χ0) is 17.8. The lowest BCUT2D eigenvalue weighted by atomic mass is 10.1. The van der Waals surface area contributed by atoms with E-state index < -0.39 is 0 Å². The van der Waals surface area contributed by atoms with Gasteiger partial charge in [0.1, 0.15) is 0 Å². The summed E-state index contributed by atoms with van der Waals surface area (Å²) in [5.41, 5.74) is 6.63. The highest BCUT2D eigenvalue weighted by Gasteiger charge is 2.09. The Kier molecular flexibility index (Phi) is 4.48. The summed E-state index contributed by atoms with van der Waals surface area (Å²) in [6, 6.07) is 31.2. The van der Waals surface area contributed by atoms with Gasteiger partial charge in [0, 0.05) is 5.56 Å². The third-order valence-corrected chi connectivity index (χ3v) is 4.33. The minimum Gasteiger partial charge on any atom is -0.233 e. The van der Waals surface area contributed by atoms with E-state index in [0.717, 1.165) is 22.6 Å². The van der Waals surface area contributed by atoms with E-state index in [1.807, 2.05) is 41.1 Å². The van der Waals surface area contributed by atoms with Crippen LogP contribution >= 0.6 is 0 Å². The molecule has 4 aromatic rings. The fraction of sp³-hybridized carbons (Fsp3) is 0.0417. The zero-order valence-corrected chi connectivity index (χ0v) is 14.7. The van der Waals surface area contributed by atoms with Gasteiger partial charge in [-0.25, -0.2) is 4.68 Å². The monoisotopic (exact) mass is 336 g/mol. The molecule has 0 N–H and O–H groups in total. The maximum absolute atomic E-state index is 4.86. The topological polar surface area (TPSA) is 17.8 Å². The lowest BCUT2D eigenvalue weighted by molar-refractivity contribution is 0.875. The quantitative estimate of drug-likeness (QED) is 0.446. The summed E-state index contributed by atoms with van der Waals surface area (Å²) in [6.45, 7) is 2.10. The smallest absolute Gasteiger partial charge is 0.0933 e. The summed E-state index contributed by atoms with van der Waals surface area (Å²) in [4.78, 5) is 0. The molecule has 0 aliphatic heterocycles. The minimum absolute atomic E-state index is 0.974. The molecule has 0 aliphatic carbocycles. The van der Waals surface area contributed by atoms with E-state index in [4.69, 9.17) is 5.10 Å². The van der Waals surface area contributed by atoms with Crippen LogP contribution in [0.3, 0.4) is 0 Å². The predicted molar refractivity (Wildman–Crippen MR) is 109 cm³/mol. The van der Waals surface area contributed by atoms with Crippen molar-refractivity contribution in [3.05, 3.63) is 108 Å². The molecule has 3 aromatic carbocycles. The molecule has 26 heavy (non-hydrogen) atoms. The number of nitrogens with zero attached hydrogens (tertiary/aromatic N) is 2. The second-order valence-corrected chi connectivity index (χ2v) is 6.31. The van der Waals surface area contributed by atoms with Crippen molar-refractivity contribution in [3.63, 3.8) is 0 Å². The summed E-state index contributed by atoms with van der Waals surface area (Å²) in [5.74, 6) is 0. The second-order valence-electron chi connectivity index (χ2n) is 6.31. The largest absolute Gasteiger partial charge is 0.233 e. The Morgan fingerprint density at radius 2 is 1.38 bits per heavy atom. The number of aryl methyl sites for hydroxylation is 1. The standard InChI is InChI=1S/C24H20N2/c1-19-12-15-21(16-13-19)24-18-23(17-14-20-8-4-2-5-9-20)26(25-24)22-10-6-3-7-11-22/h2-18H,1H3/b17-14+. The van der Waals surface area contributed by atoms with Crippen LogP contribution in [0.5, 0.6) is 0 Å². The SMILES string of the molecule is Cc1ccc(-c2cc(/C=C/c3ccccc3)n(-c3ccccc3)n2)cc1. The maximum Gasteiger partial charge on any atom is 0.0933 e. The highest BCUT2D eigenvalue weighted by Crippen LogP contribution is 2.23. The van der Waals surface area contributed by atoms with Crippen LogP contribution in [0.15, 0.2) is 91.0 Å². The fourth-order valence-electron chi connectivity index (χ4n) is 2.90. The molecule has 0 fully saturated rings. The zero-order valence-electron chi connectivity index (χ0n) is 14.7. The van der Waals surface area contributed by atoms with Crippen LogP contribution in [0, 0.1) is 6.92 Å². The third kappa shape index (κ3) is 3.50. The van der Waals surface area contributed by atoms with Gasteiger partial charge < -0.3 is 0 Å². The molecule has 2 heteroatoms. The molecule has 0 saturated heterocycles. The van der Waals surface area contributed by atoms with Gasteiger partial charge in [-0.05, 0) is 36.8 Å². The molecule has 0 spiro atoms. The van der Waals surface area contributed by atoms with E-state index in [9.17, 15) is 0 Å². The Hall–Kier alpha value is -3.39. The second kappa shape index (κ2) is 7.24. The van der Waals surface area contributed by atoms with Crippen LogP contribution in [-0.2, 0) is 0 Å². The van der Waals surface area contributed by atoms with Gasteiger partial charge in [0.15, 0.2) is 0 Å². The molecule has 0 saturated carbocycles. The Morgan fingerprint density at radius 1 is 0.731 bits per heavy atom. The number of aromatic nitrogens is 2. The first-order valence-electron chi connectivity index (χ1n) is 8.75. The first-order valence-corrected chi connectivity index (χ1v) is 8.75. The van der Waals surface area contributed by atoms with Crippen LogP contribution in [0.25, 0.3) is 29.1 Å². The average molecular weight is 336 g/mol. The predicted octanol–water partition coefficient (Wildman–Crippen LogP) is 6.02. The molecule has 0 radical (unpaired) electrons. The van der Waals surface area contributed by atoms with E-state index in [0.29, 0.717) is 0 Å². The van der Waals surface area contributed by atoms with E-state index in [1.54, 1.807) is 0 Å². The third-order valence-electron chi connectivity index (χ3n) is 4.33. The van der Waals surface area contributed by atoms with Crippen LogP contribution in [0.2, 0.25) is 0 Å². The molecule has 2 nitrogen and oxygen atoms in total. The van der Waals surface area contributed by atoms with Crippen LogP contribution in [-0.4, -0.2) is 9.78 Å². The molecule has 0 aliphatic rings. The molecule has 1 aromatic heterocycles. The van der Waals surface area contributed by atoms with Gasteiger partial charge in [0.05, 0.1) is 17.1 Å². The van der Waals surface area contributed by atoms with Gasteiger partial charge in [0.25, 0.3) is 0 Å². The number of rotatable bonds is 4. The van der Waals surface area contributed by atoms with E-state index in [-0.39, 0.29) is 0 Å². The summed E-state index contributed by atoms with van der Waals surface area (Å²) in [6.07, 6.45) is 4.24. The van der Waals surface area contributed by atoms with E-state index >= 15 is 0 Å². The first-order chi connectivity index (χ1) is 12.8. The summed E-state index contributed by atoms with van der Waals surface area (Å²) < 4.78 is 1.99. The van der Waals surface area contributed by atoms with Gasteiger partial charge in [-0.15, -0.1) is 0 Å². The highest BCUT2D eigenvalue weighted by molar-refractivity contribution is 5.72. The van der Waals surface area contributed by atoms with Crippen molar-refractivity contribution < 1.29 is 0 Å². The summed E-state index contributed by atoms with van der Waals surface area (Å²) >= 11 is 0. The number of hydrogen-bond donors (Lipinski definition) is 0. The Labute approximate surface area is 154 Å². The number of para-hydroxylation sites is 1. The molecular formula is C24H20N2. The number of benzene rings is 3. The van der Waals surface area contributed by atoms with Gasteiger partial charge in [0.2, 0.25) is 0 Å². The minimum atomic E-state index is 0.974. The molecule has 126 valence electrons. The lowest BCUT2D eigenvalue weighted by Gasteiger charge is -2.04. The molecular weight excluding hydrogens is 316 g/mol. The van der Waals surface area contributed by atoms with Gasteiger partial charge in [-0.2, -0.15) is 5.10 Å². The van der Waals surface area contributed by atoms with Crippen molar-refractivity contribution in [2.75, 3.05) is 0 Å². The Bertz CT molecular complexity index is 1010. The average Bonchev–Trinajstić information content (AvgIpc) is 3.13. The van der Waals surface area contributed by atoms with Crippen LogP contribution < -0.4 is 0 Å². The van der Waals surface area contributed by atoms with Gasteiger partial charge in [-0.3, -0.25) is 0 Å². The van der Waals surface area contributed by atoms with E-state index in [2.05, 4.69) is 73.7 Å². The highest BCUT2D eigenvalue weighted by atomic mass is 15.3. The maximum atomic E-state index is 4.86. The van der Waals surface area contributed by atoms with Crippen molar-refractivity contribution in [2.45, 2.75) is 6.92 Å². The first kappa shape index (κ1) is 16.1. The van der Waals surface area contributed by atoms with Crippen molar-refractivity contribution >= 4 is 12.2 Å². The van der Waals surface area contributed by atoms with Gasteiger partial charge in [-0.1, -0.05) is 84.4 Å². The normalized spacial score (nSPS) is 11.1. The summed E-state index contributed by atoms with van der Waals surface area (Å²) in [7, 11) is 0. The van der Waals surface area contributed by atoms with Crippen LogP contribution in [0.4, 0.5) is 0 Å². The summed E-state index contributed by atoms with van der Waals surface area (Å²) in [5, 5.41) is 4.86. The molecule has 0 bridgehead atoms. The molecule has 1 heterocycles. The van der Waals surface area contributed by atoms with Crippen molar-refractivity contribution in [3.8, 4) is 16.9 Å². The van der Waals surface area contributed by atoms with E-state index in [1.165, 1.54) is 11.1 Å². The lowest BCUT2D eigenvalue weighted by Crippen LogP contribution is -1.98. The van der Waals surface area contributed by atoms with Crippen molar-refractivity contribution in [1.82, 2.24) is 9.78 Å². The number of hydrogen-bond acceptors (Lipinski definition) is 1. The molecule has 4 rings (SSSR count). The molecule has 0 amide bonds. The molecule has 0 atom stereocenters. The van der Waals surface area contributed by atoms with Crippen LogP contribution in [0.1, 0.15) is 16.8 Å². The molecule has 0 unspecified atom stereocenters.